The summed E-state index contributed by atoms with van der Waals surface area (Å²) in [5.74, 6) is -0.120. The van der Waals surface area contributed by atoms with Crippen LogP contribution in [-0.2, 0) is 16.6 Å². The van der Waals surface area contributed by atoms with Gasteiger partial charge in [0.15, 0.2) is 11.4 Å². The molecule has 1 unspecified atom stereocenters. The lowest BCUT2D eigenvalue weighted by Crippen LogP contribution is -2.37. The number of amidine groups is 1. The molecule has 0 bridgehead atoms. The summed E-state index contributed by atoms with van der Waals surface area (Å²) >= 11 is 0. The summed E-state index contributed by atoms with van der Waals surface area (Å²) in [6.45, 7) is 5.95. The van der Waals surface area contributed by atoms with Gasteiger partial charge in [0.05, 0.1) is 23.9 Å². The summed E-state index contributed by atoms with van der Waals surface area (Å²) in [6.07, 6.45) is 0.248. The third-order valence-electron chi connectivity index (χ3n) is 6.84. The maximum atomic E-state index is 13.6. The summed E-state index contributed by atoms with van der Waals surface area (Å²) in [5, 5.41) is 24.2. The lowest BCUT2D eigenvalue weighted by molar-refractivity contribution is 0.171. The number of aromatic nitrogens is 2. The van der Waals surface area contributed by atoms with Crippen molar-refractivity contribution in [2.45, 2.75) is 37.8 Å². The Kier molecular flexibility index (Phi) is 6.08. The Balaban J connectivity index is 1.45. The van der Waals surface area contributed by atoms with Crippen molar-refractivity contribution in [1.82, 2.24) is 14.6 Å². The lowest BCUT2D eigenvalue weighted by atomic mass is 10.1. The van der Waals surface area contributed by atoms with E-state index in [1.165, 1.54) is 10.7 Å². The molecule has 2 aromatic heterocycles. The summed E-state index contributed by atoms with van der Waals surface area (Å²) in [4.78, 5) is 19.9. The Morgan fingerprint density at radius 2 is 2.03 bits per heavy atom. The summed E-state index contributed by atoms with van der Waals surface area (Å²) in [6, 6.07) is 9.91. The zero-order valence-corrected chi connectivity index (χ0v) is 22.2. The molecule has 4 heterocycles. The molecule has 39 heavy (non-hydrogen) atoms. The number of aliphatic hydroxyl groups is 1. The van der Waals surface area contributed by atoms with Gasteiger partial charge in [0.25, 0.3) is 15.6 Å². The van der Waals surface area contributed by atoms with Gasteiger partial charge in [0.2, 0.25) is 5.89 Å². The molecule has 0 aliphatic carbocycles. The van der Waals surface area contributed by atoms with Crippen molar-refractivity contribution in [3.8, 4) is 5.75 Å². The van der Waals surface area contributed by atoms with Crippen molar-refractivity contribution in [3.63, 3.8) is 0 Å². The second-order valence-electron chi connectivity index (χ2n) is 10.3. The molecule has 4 N–H and O–H groups in total. The molecule has 2 aliphatic rings. The van der Waals surface area contributed by atoms with Crippen LogP contribution in [0, 0.1) is 5.92 Å². The number of anilines is 1. The zero-order valence-electron chi connectivity index (χ0n) is 21.4. The fourth-order valence-corrected chi connectivity index (χ4v) is 6.24. The van der Waals surface area contributed by atoms with E-state index in [0.29, 0.717) is 49.4 Å². The number of nitrogens with one attached hydrogen (secondary N) is 2. The number of fused-ring (bicyclic) bond motifs is 4. The van der Waals surface area contributed by atoms with Gasteiger partial charge in [0.1, 0.15) is 21.7 Å². The van der Waals surface area contributed by atoms with Crippen LogP contribution in [0.4, 0.5) is 5.69 Å². The molecular formula is C26H28N6O6S. The van der Waals surface area contributed by atoms with Gasteiger partial charge in [-0.2, -0.15) is 8.42 Å². The predicted molar refractivity (Wildman–Crippen MR) is 146 cm³/mol. The number of benzene rings is 2. The van der Waals surface area contributed by atoms with Gasteiger partial charge < -0.3 is 25.4 Å². The third-order valence-corrected chi connectivity index (χ3v) is 8.19. The smallest absolute Gasteiger partial charge is 0.288 e. The number of aromatic hydroxyl groups is 1. The number of pyridine rings is 1. The number of β-amino-alcohol motifs (C(OH)–C–C–N with tert-alkyl or cyclic N) is 1. The molecule has 0 amide bonds. The van der Waals surface area contributed by atoms with Crippen LogP contribution >= 0.6 is 0 Å². The number of para-hydroxylation sites is 1. The predicted octanol–water partition coefficient (Wildman–Crippen LogP) is 2.18. The molecule has 1 atom stereocenters. The second-order valence-corrected chi connectivity index (χ2v) is 11.8. The Morgan fingerprint density at radius 3 is 2.77 bits per heavy atom. The molecule has 2 aromatic carbocycles. The summed E-state index contributed by atoms with van der Waals surface area (Å²) < 4.78 is 38.0. The molecule has 12 nitrogen and oxygen atoms in total. The highest BCUT2D eigenvalue weighted by Crippen LogP contribution is 2.37. The monoisotopic (exact) mass is 552 g/mol. The third kappa shape index (κ3) is 4.41. The number of sulfonamides is 1. The first-order valence-electron chi connectivity index (χ1n) is 12.7. The van der Waals surface area contributed by atoms with Crippen molar-refractivity contribution >= 4 is 43.5 Å². The van der Waals surface area contributed by atoms with E-state index < -0.39 is 21.7 Å². The quantitative estimate of drug-likeness (QED) is 0.279. The molecule has 0 radical (unpaired) electrons. The van der Waals surface area contributed by atoms with E-state index in [1.807, 2.05) is 18.7 Å². The van der Waals surface area contributed by atoms with Crippen molar-refractivity contribution in [3.05, 3.63) is 58.2 Å². The Labute approximate surface area is 223 Å². The number of nitrogens with zero attached hydrogens (tertiary/aromatic N) is 4. The van der Waals surface area contributed by atoms with Gasteiger partial charge in [-0.25, -0.2) is 9.66 Å². The standard InChI is InChI=1S/C26H28N6O6S/c1-14(2)11-27-32-18-6-4-3-5-16(18)23(34)21(26(32)35)25-28-17-7-8-19-22(24(17)39(36,37)30-25)29-20(38-19)13-31-10-9-15(33)12-31/h3-8,14-15,27,33-34H,9-13H2,1-2H3,(H,28,30). The Morgan fingerprint density at radius 1 is 1.23 bits per heavy atom. The lowest BCUT2D eigenvalue weighted by Gasteiger charge is -2.21. The highest BCUT2D eigenvalue weighted by Gasteiger charge is 2.33. The highest BCUT2D eigenvalue weighted by atomic mass is 32.2. The molecule has 2 aliphatic heterocycles. The van der Waals surface area contributed by atoms with Gasteiger partial charge in [-0.3, -0.25) is 9.69 Å². The van der Waals surface area contributed by atoms with Crippen LogP contribution in [0.15, 0.2) is 54.9 Å². The maximum Gasteiger partial charge on any atom is 0.288 e. The van der Waals surface area contributed by atoms with Crippen LogP contribution in [0.1, 0.15) is 31.7 Å². The number of likely N-dealkylation sites (tertiary alicyclic amines) is 1. The Hall–Kier alpha value is -3.94. The van der Waals surface area contributed by atoms with Crippen LogP contribution in [-0.4, -0.2) is 64.8 Å². The van der Waals surface area contributed by atoms with Crippen LogP contribution in [0.3, 0.4) is 0 Å². The molecule has 4 aromatic rings. The molecule has 0 saturated carbocycles. The fourth-order valence-electron chi connectivity index (χ4n) is 4.98. The molecule has 1 fully saturated rings. The second kappa shape index (κ2) is 9.36. The topological polar surface area (TPSA) is 162 Å². The van der Waals surface area contributed by atoms with Crippen molar-refractivity contribution in [1.29, 1.82) is 0 Å². The van der Waals surface area contributed by atoms with Gasteiger partial charge in [0, 0.05) is 25.0 Å². The summed E-state index contributed by atoms with van der Waals surface area (Å²) in [7, 11) is -4.34. The molecule has 1 saturated heterocycles. The minimum atomic E-state index is -4.34. The van der Waals surface area contributed by atoms with E-state index in [-0.39, 0.29) is 44.7 Å². The van der Waals surface area contributed by atoms with Crippen molar-refractivity contribution < 1.29 is 23.0 Å². The highest BCUT2D eigenvalue weighted by molar-refractivity contribution is 7.90. The van der Waals surface area contributed by atoms with Crippen LogP contribution in [0.5, 0.6) is 5.75 Å². The van der Waals surface area contributed by atoms with E-state index in [2.05, 4.69) is 20.1 Å². The van der Waals surface area contributed by atoms with Crippen molar-refractivity contribution in [2.75, 3.05) is 30.4 Å². The Bertz CT molecular complexity index is 1810. The van der Waals surface area contributed by atoms with Crippen LogP contribution < -0.4 is 16.3 Å². The van der Waals surface area contributed by atoms with Gasteiger partial charge in [-0.05, 0) is 36.6 Å². The average molecular weight is 553 g/mol. The first-order valence-corrected chi connectivity index (χ1v) is 14.1. The normalized spacial score (nSPS) is 18.9. The molecule has 0 spiro atoms. The zero-order chi connectivity index (χ0) is 27.5. The largest absolute Gasteiger partial charge is 0.506 e. The molecular weight excluding hydrogens is 524 g/mol. The number of aliphatic hydroxyl groups excluding tert-OH is 1. The minimum absolute atomic E-state index is 0.122. The fraction of sp³-hybridized carbons (Fsp3) is 0.346. The number of hydrogen-bond acceptors (Lipinski definition) is 10. The molecule has 6 rings (SSSR count). The first-order chi connectivity index (χ1) is 18.6. The molecule has 13 heteroatoms. The van der Waals surface area contributed by atoms with Crippen LogP contribution in [0.2, 0.25) is 0 Å². The summed E-state index contributed by atoms with van der Waals surface area (Å²) in [5.41, 5.74) is 3.18. The van der Waals surface area contributed by atoms with E-state index in [4.69, 9.17) is 4.42 Å². The minimum Gasteiger partial charge on any atom is -0.506 e. The van der Waals surface area contributed by atoms with E-state index >= 15 is 0 Å². The van der Waals surface area contributed by atoms with Crippen molar-refractivity contribution in [2.24, 2.45) is 10.3 Å². The van der Waals surface area contributed by atoms with Gasteiger partial charge >= 0.3 is 0 Å². The van der Waals surface area contributed by atoms with E-state index in [1.54, 1.807) is 30.3 Å². The van der Waals surface area contributed by atoms with E-state index in [9.17, 15) is 23.4 Å². The first kappa shape index (κ1) is 25.3. The van der Waals surface area contributed by atoms with Gasteiger partial charge in [-0.15, -0.1) is 4.40 Å². The van der Waals surface area contributed by atoms with E-state index in [0.717, 1.165) is 0 Å². The SMILES string of the molecule is CC(C)CNn1c(=O)c(C2=NS(=O)(=O)c3c(ccc4oc(CN5CCC(O)C5)nc34)N2)c(O)c2ccccc21. The average Bonchev–Trinajstić information content (AvgIpc) is 3.48. The number of hydrogen-bond donors (Lipinski definition) is 4. The van der Waals surface area contributed by atoms with Gasteiger partial charge in [-0.1, -0.05) is 26.0 Å². The van der Waals surface area contributed by atoms with Crippen LogP contribution in [0.25, 0.3) is 22.0 Å². The molecule has 204 valence electrons. The number of rotatable bonds is 6. The number of oxazole rings is 1. The maximum absolute atomic E-state index is 13.6.